The highest BCUT2D eigenvalue weighted by atomic mass is 35.5. The van der Waals surface area contributed by atoms with E-state index in [1.54, 1.807) is 6.07 Å². The van der Waals surface area contributed by atoms with E-state index in [0.29, 0.717) is 25.5 Å². The number of aromatic amines is 1. The summed E-state index contributed by atoms with van der Waals surface area (Å²) in [6.07, 6.45) is 0. The van der Waals surface area contributed by atoms with Crippen LogP contribution in [0.2, 0.25) is 10.0 Å². The van der Waals surface area contributed by atoms with Gasteiger partial charge in [-0.3, -0.25) is 4.79 Å². The fourth-order valence-corrected chi connectivity index (χ4v) is 3.35. The maximum atomic E-state index is 11.7. The monoisotopic (exact) mass is 388 g/mol. The first-order valence-electron chi connectivity index (χ1n) is 6.89. The normalized spacial score (nSPS) is 10.9. The first-order chi connectivity index (χ1) is 11.3. The van der Waals surface area contributed by atoms with E-state index in [-0.39, 0.29) is 17.2 Å². The van der Waals surface area contributed by atoms with Crippen molar-refractivity contribution in [2.45, 2.75) is 29.7 Å². The Morgan fingerprint density at radius 1 is 1.33 bits per heavy atom. The Balaban J connectivity index is 2.28. The van der Waals surface area contributed by atoms with Crippen LogP contribution >= 0.6 is 35.0 Å². The Morgan fingerprint density at radius 2 is 1.96 bits per heavy atom. The minimum Gasteiger partial charge on any atom is -0.482 e. The second kappa shape index (κ2) is 7.92. The molecule has 0 fully saturated rings. The van der Waals surface area contributed by atoms with Crippen LogP contribution in [0.15, 0.2) is 32.9 Å². The summed E-state index contributed by atoms with van der Waals surface area (Å²) in [7, 11) is 0. The lowest BCUT2D eigenvalue weighted by Gasteiger charge is -2.10. The molecule has 0 saturated heterocycles. The van der Waals surface area contributed by atoms with Gasteiger partial charge in [0.25, 0.3) is 5.56 Å². The minimum absolute atomic E-state index is 0.0499. The van der Waals surface area contributed by atoms with Crippen molar-refractivity contribution in [2.24, 2.45) is 0 Å². The number of aromatic nitrogens is 2. The standard InChI is InChI=1S/C15H14Cl2N2O4S/c1-7(2)9-5-12(18-19-15(9)22)24-14-10(16)3-8(4-11(14)17)23-6-13(20)21/h3-5,7H,6H2,1-2H3,(H,19,22)(H,20,21). The molecular weight excluding hydrogens is 375 g/mol. The van der Waals surface area contributed by atoms with Crippen molar-refractivity contribution in [3.8, 4) is 5.75 Å². The first-order valence-corrected chi connectivity index (χ1v) is 8.46. The Kier molecular flexibility index (Phi) is 6.15. The molecule has 0 amide bonds. The summed E-state index contributed by atoms with van der Waals surface area (Å²) in [4.78, 5) is 22.8. The molecule has 24 heavy (non-hydrogen) atoms. The third-order valence-corrected chi connectivity index (χ3v) is 4.85. The zero-order valence-electron chi connectivity index (χ0n) is 12.8. The molecule has 0 saturated carbocycles. The smallest absolute Gasteiger partial charge is 0.341 e. The Morgan fingerprint density at radius 3 is 2.50 bits per heavy atom. The first kappa shape index (κ1) is 18.6. The molecule has 2 N–H and O–H groups in total. The topological polar surface area (TPSA) is 92.3 Å². The Bertz CT molecular complexity index is 800. The maximum Gasteiger partial charge on any atom is 0.341 e. The number of hydrogen-bond donors (Lipinski definition) is 2. The number of aliphatic carboxylic acids is 1. The molecule has 0 spiro atoms. The van der Waals surface area contributed by atoms with Gasteiger partial charge in [0, 0.05) is 17.7 Å². The quantitative estimate of drug-likeness (QED) is 0.781. The van der Waals surface area contributed by atoms with E-state index in [4.69, 9.17) is 33.0 Å². The van der Waals surface area contributed by atoms with Crippen LogP contribution in [0, 0.1) is 0 Å². The highest BCUT2D eigenvalue weighted by Crippen LogP contribution is 2.40. The second-order valence-electron chi connectivity index (χ2n) is 5.15. The number of H-pyrrole nitrogens is 1. The van der Waals surface area contributed by atoms with Crippen LogP contribution in [-0.2, 0) is 4.79 Å². The summed E-state index contributed by atoms with van der Waals surface area (Å²) in [5, 5.41) is 16.2. The maximum absolute atomic E-state index is 11.7. The summed E-state index contributed by atoms with van der Waals surface area (Å²) in [5.41, 5.74) is 0.380. The van der Waals surface area contributed by atoms with Gasteiger partial charge in [-0.1, -0.05) is 48.8 Å². The van der Waals surface area contributed by atoms with Crippen molar-refractivity contribution in [3.05, 3.63) is 44.2 Å². The molecule has 0 unspecified atom stereocenters. The lowest BCUT2D eigenvalue weighted by atomic mass is 10.1. The van der Waals surface area contributed by atoms with E-state index in [0.717, 1.165) is 0 Å². The van der Waals surface area contributed by atoms with Crippen molar-refractivity contribution >= 4 is 40.9 Å². The number of carbonyl (C=O) groups is 1. The average Bonchev–Trinajstić information content (AvgIpc) is 2.50. The van der Waals surface area contributed by atoms with Crippen LogP contribution in [0.3, 0.4) is 0 Å². The third kappa shape index (κ3) is 4.66. The predicted molar refractivity (Wildman–Crippen MR) is 92.7 cm³/mol. The second-order valence-corrected chi connectivity index (χ2v) is 6.99. The van der Waals surface area contributed by atoms with E-state index in [1.165, 1.54) is 23.9 Å². The van der Waals surface area contributed by atoms with Gasteiger partial charge >= 0.3 is 5.97 Å². The van der Waals surface area contributed by atoms with Crippen LogP contribution in [0.4, 0.5) is 0 Å². The average molecular weight is 389 g/mol. The number of nitrogens with zero attached hydrogens (tertiary/aromatic N) is 1. The number of carboxylic acids is 1. The SMILES string of the molecule is CC(C)c1cc(Sc2c(Cl)cc(OCC(=O)O)cc2Cl)n[nH]c1=O. The van der Waals surface area contributed by atoms with Gasteiger partial charge in [0.15, 0.2) is 6.61 Å². The molecule has 6 nitrogen and oxygen atoms in total. The van der Waals surface area contributed by atoms with Gasteiger partial charge in [-0.25, -0.2) is 9.89 Å². The van der Waals surface area contributed by atoms with Crippen LogP contribution < -0.4 is 10.3 Å². The molecule has 128 valence electrons. The fourth-order valence-electron chi connectivity index (χ4n) is 1.85. The molecular formula is C15H14Cl2N2O4S. The van der Waals surface area contributed by atoms with Crippen molar-refractivity contribution in [1.82, 2.24) is 10.2 Å². The van der Waals surface area contributed by atoms with Crippen LogP contribution in [0.5, 0.6) is 5.75 Å². The van der Waals surface area contributed by atoms with Gasteiger partial charge in [0.05, 0.1) is 14.9 Å². The van der Waals surface area contributed by atoms with Crippen LogP contribution in [-0.4, -0.2) is 27.9 Å². The zero-order valence-corrected chi connectivity index (χ0v) is 15.1. The molecule has 1 aromatic heterocycles. The minimum atomic E-state index is -1.10. The molecule has 1 aromatic carbocycles. The van der Waals surface area contributed by atoms with E-state index in [2.05, 4.69) is 10.2 Å². The van der Waals surface area contributed by atoms with Crippen molar-refractivity contribution in [2.75, 3.05) is 6.61 Å². The highest BCUT2D eigenvalue weighted by Gasteiger charge is 2.14. The number of halogens is 2. The summed E-state index contributed by atoms with van der Waals surface area (Å²) in [5.74, 6) is -0.790. The third-order valence-electron chi connectivity index (χ3n) is 2.97. The van der Waals surface area contributed by atoms with E-state index in [9.17, 15) is 9.59 Å². The molecule has 0 aliphatic heterocycles. The number of carboxylic acid groups (broad SMARTS) is 1. The van der Waals surface area contributed by atoms with Crippen LogP contribution in [0.1, 0.15) is 25.3 Å². The van der Waals surface area contributed by atoms with Crippen LogP contribution in [0.25, 0.3) is 0 Å². The van der Waals surface area contributed by atoms with Gasteiger partial charge in [-0.15, -0.1) is 0 Å². The van der Waals surface area contributed by atoms with Crippen molar-refractivity contribution in [3.63, 3.8) is 0 Å². The summed E-state index contributed by atoms with van der Waals surface area (Å²) in [6, 6.07) is 4.65. The van der Waals surface area contributed by atoms with Gasteiger partial charge in [-0.05, 0) is 12.0 Å². The number of rotatable bonds is 6. The number of benzene rings is 1. The molecule has 2 aromatic rings. The molecule has 1 heterocycles. The molecule has 0 atom stereocenters. The molecule has 9 heteroatoms. The Hall–Kier alpha value is -1.70. The molecule has 0 radical (unpaired) electrons. The lowest BCUT2D eigenvalue weighted by Crippen LogP contribution is -2.15. The van der Waals surface area contributed by atoms with E-state index < -0.39 is 12.6 Å². The van der Waals surface area contributed by atoms with Gasteiger partial charge < -0.3 is 9.84 Å². The zero-order chi connectivity index (χ0) is 17.9. The Labute approximate surface area is 152 Å². The molecule has 0 aliphatic rings. The van der Waals surface area contributed by atoms with E-state index in [1.807, 2.05) is 13.8 Å². The fraction of sp³-hybridized carbons (Fsp3) is 0.267. The van der Waals surface area contributed by atoms with Gasteiger partial charge in [0.1, 0.15) is 10.8 Å². The summed E-state index contributed by atoms with van der Waals surface area (Å²) >= 11 is 13.6. The number of hydrogen-bond acceptors (Lipinski definition) is 5. The largest absolute Gasteiger partial charge is 0.482 e. The molecule has 0 aliphatic carbocycles. The van der Waals surface area contributed by atoms with Crippen molar-refractivity contribution < 1.29 is 14.6 Å². The molecule has 0 bridgehead atoms. The van der Waals surface area contributed by atoms with Gasteiger partial charge in [0.2, 0.25) is 0 Å². The summed E-state index contributed by atoms with van der Waals surface area (Å²) < 4.78 is 5.06. The number of nitrogens with one attached hydrogen (secondary N) is 1. The van der Waals surface area contributed by atoms with Gasteiger partial charge in [-0.2, -0.15) is 5.10 Å². The predicted octanol–water partition coefficient (Wildman–Crippen LogP) is 3.81. The van der Waals surface area contributed by atoms with Crippen molar-refractivity contribution in [1.29, 1.82) is 0 Å². The molecule has 2 rings (SSSR count). The number of ether oxygens (including phenoxy) is 1. The lowest BCUT2D eigenvalue weighted by molar-refractivity contribution is -0.139. The van der Waals surface area contributed by atoms with E-state index >= 15 is 0 Å². The highest BCUT2D eigenvalue weighted by molar-refractivity contribution is 7.99. The summed E-state index contributed by atoms with van der Waals surface area (Å²) in [6.45, 7) is 3.33.